The Kier molecular flexibility index (Phi) is 5.53. The third-order valence-corrected chi connectivity index (χ3v) is 5.62. The van der Waals surface area contributed by atoms with Crippen molar-refractivity contribution in [3.63, 3.8) is 0 Å². The van der Waals surface area contributed by atoms with Crippen molar-refractivity contribution in [1.29, 1.82) is 0 Å². The highest BCUT2D eigenvalue weighted by atomic mass is 16.5. The zero-order valence-corrected chi connectivity index (χ0v) is 16.2. The zero-order valence-electron chi connectivity index (χ0n) is 16.2. The van der Waals surface area contributed by atoms with Gasteiger partial charge in [-0.25, -0.2) is 0 Å². The number of rotatable bonds is 7. The van der Waals surface area contributed by atoms with E-state index < -0.39 is 11.0 Å². The molecule has 5 heteroatoms. The molecule has 3 rings (SSSR count). The minimum atomic E-state index is -0.929. The number of amides is 1. The smallest absolute Gasteiger partial charge is 0.241 e. The fourth-order valence-electron chi connectivity index (χ4n) is 3.52. The van der Waals surface area contributed by atoms with Crippen LogP contribution in [0.25, 0.3) is 0 Å². The van der Waals surface area contributed by atoms with E-state index in [9.17, 15) is 4.79 Å². The summed E-state index contributed by atoms with van der Waals surface area (Å²) >= 11 is 0. The molecule has 0 radical (unpaired) electrons. The summed E-state index contributed by atoms with van der Waals surface area (Å²) in [5.41, 5.74) is 6.01. The lowest BCUT2D eigenvalue weighted by atomic mass is 9.54. The number of benzene rings is 2. The Hall–Kier alpha value is -2.37. The number of carbonyl (C=O) groups is 1. The van der Waals surface area contributed by atoms with Crippen LogP contribution in [0.15, 0.2) is 54.6 Å². The standard InChI is InChI=1S/C22H28N2O3/c1-4-26-19-14-22(23,21(19,2)3)20(25)24-15-16-10-8-9-13-18(16)27-17-11-6-5-7-12-17/h5-13,19H,4,14-15,23H2,1-3H3,(H,24,25). The Bertz CT molecular complexity index is 791. The maximum absolute atomic E-state index is 12.8. The predicted octanol–water partition coefficient (Wildman–Crippen LogP) is 3.63. The minimum absolute atomic E-state index is 0.00644. The molecule has 5 nitrogen and oxygen atoms in total. The third kappa shape index (κ3) is 3.70. The second-order valence-corrected chi connectivity index (χ2v) is 7.55. The van der Waals surface area contributed by atoms with Crippen LogP contribution < -0.4 is 15.8 Å². The Labute approximate surface area is 160 Å². The highest BCUT2D eigenvalue weighted by molar-refractivity contribution is 5.88. The van der Waals surface area contributed by atoms with Gasteiger partial charge >= 0.3 is 0 Å². The number of para-hydroxylation sites is 2. The molecule has 1 aliphatic rings. The van der Waals surface area contributed by atoms with E-state index in [1.165, 1.54) is 0 Å². The van der Waals surface area contributed by atoms with Crippen molar-refractivity contribution >= 4 is 5.91 Å². The van der Waals surface area contributed by atoms with Crippen molar-refractivity contribution in [1.82, 2.24) is 5.32 Å². The van der Waals surface area contributed by atoms with Gasteiger partial charge in [0.2, 0.25) is 5.91 Å². The summed E-state index contributed by atoms with van der Waals surface area (Å²) in [5, 5.41) is 2.99. The Morgan fingerprint density at radius 1 is 1.15 bits per heavy atom. The van der Waals surface area contributed by atoms with Crippen molar-refractivity contribution in [3.05, 3.63) is 60.2 Å². The maximum atomic E-state index is 12.8. The largest absolute Gasteiger partial charge is 0.457 e. The van der Waals surface area contributed by atoms with Crippen LogP contribution >= 0.6 is 0 Å². The summed E-state index contributed by atoms with van der Waals surface area (Å²) in [6.07, 6.45) is 0.536. The van der Waals surface area contributed by atoms with E-state index >= 15 is 0 Å². The van der Waals surface area contributed by atoms with Gasteiger partial charge in [-0.3, -0.25) is 4.79 Å². The van der Waals surface area contributed by atoms with E-state index in [1.54, 1.807) is 0 Å². The van der Waals surface area contributed by atoms with Gasteiger partial charge in [-0.2, -0.15) is 0 Å². The van der Waals surface area contributed by atoms with Crippen molar-refractivity contribution < 1.29 is 14.3 Å². The number of hydrogen-bond acceptors (Lipinski definition) is 4. The molecule has 2 unspecified atom stereocenters. The highest BCUT2D eigenvalue weighted by Crippen LogP contribution is 2.49. The van der Waals surface area contributed by atoms with Gasteiger partial charge in [0.1, 0.15) is 17.0 Å². The summed E-state index contributed by atoms with van der Waals surface area (Å²) in [5.74, 6) is 1.32. The number of carbonyl (C=O) groups excluding carboxylic acids is 1. The topological polar surface area (TPSA) is 73.6 Å². The van der Waals surface area contributed by atoms with Gasteiger partial charge in [0, 0.05) is 30.6 Å². The predicted molar refractivity (Wildman–Crippen MR) is 106 cm³/mol. The summed E-state index contributed by atoms with van der Waals surface area (Å²) in [4.78, 5) is 12.8. The molecule has 144 valence electrons. The Balaban J connectivity index is 1.66. The normalized spacial score (nSPS) is 23.3. The lowest BCUT2D eigenvalue weighted by molar-refractivity contribution is -0.170. The fraction of sp³-hybridized carbons (Fsp3) is 0.409. The van der Waals surface area contributed by atoms with Crippen molar-refractivity contribution in [2.45, 2.75) is 45.4 Å². The summed E-state index contributed by atoms with van der Waals surface area (Å²) in [7, 11) is 0. The molecule has 0 aromatic heterocycles. The van der Waals surface area contributed by atoms with Crippen LogP contribution in [-0.2, 0) is 16.1 Å². The SMILES string of the molecule is CCOC1CC(N)(C(=O)NCc2ccccc2Oc2ccccc2)C1(C)C. The quantitative estimate of drug-likeness (QED) is 0.783. The molecule has 1 amide bonds. The Morgan fingerprint density at radius 2 is 1.81 bits per heavy atom. The molecule has 0 bridgehead atoms. The lowest BCUT2D eigenvalue weighted by Gasteiger charge is -2.57. The molecule has 3 N–H and O–H groups in total. The number of nitrogens with one attached hydrogen (secondary N) is 1. The Morgan fingerprint density at radius 3 is 2.48 bits per heavy atom. The zero-order chi connectivity index (χ0) is 19.5. The molecule has 2 aromatic carbocycles. The van der Waals surface area contributed by atoms with Crippen LogP contribution in [0.5, 0.6) is 11.5 Å². The second kappa shape index (κ2) is 7.71. The summed E-state index contributed by atoms with van der Waals surface area (Å²) in [6.45, 7) is 6.91. The molecule has 1 saturated carbocycles. The van der Waals surface area contributed by atoms with Gasteiger partial charge in [0.05, 0.1) is 6.10 Å². The molecule has 1 fully saturated rings. The molecule has 0 aliphatic heterocycles. The minimum Gasteiger partial charge on any atom is -0.457 e. The first-order valence-corrected chi connectivity index (χ1v) is 9.38. The third-order valence-electron chi connectivity index (χ3n) is 5.62. The van der Waals surface area contributed by atoms with E-state index in [0.717, 1.165) is 17.1 Å². The second-order valence-electron chi connectivity index (χ2n) is 7.55. The fourth-order valence-corrected chi connectivity index (χ4v) is 3.52. The molecule has 27 heavy (non-hydrogen) atoms. The van der Waals surface area contributed by atoms with Crippen LogP contribution in [0, 0.1) is 5.41 Å². The number of ether oxygens (including phenoxy) is 2. The van der Waals surface area contributed by atoms with E-state index in [1.807, 2.05) is 75.4 Å². The molecule has 2 aromatic rings. The maximum Gasteiger partial charge on any atom is 0.241 e. The van der Waals surface area contributed by atoms with E-state index in [4.69, 9.17) is 15.2 Å². The molecule has 0 spiro atoms. The van der Waals surface area contributed by atoms with Crippen LogP contribution in [-0.4, -0.2) is 24.2 Å². The van der Waals surface area contributed by atoms with Crippen molar-refractivity contribution in [2.24, 2.45) is 11.1 Å². The molecular formula is C22H28N2O3. The molecular weight excluding hydrogens is 340 g/mol. The first kappa shape index (κ1) is 19.4. The van der Waals surface area contributed by atoms with Gasteiger partial charge in [-0.15, -0.1) is 0 Å². The molecule has 0 saturated heterocycles. The van der Waals surface area contributed by atoms with Crippen LogP contribution in [0.2, 0.25) is 0 Å². The van der Waals surface area contributed by atoms with Crippen molar-refractivity contribution in [2.75, 3.05) is 6.61 Å². The van der Waals surface area contributed by atoms with Gasteiger partial charge in [-0.1, -0.05) is 50.2 Å². The summed E-state index contributed by atoms with van der Waals surface area (Å²) in [6, 6.07) is 17.3. The van der Waals surface area contributed by atoms with Crippen molar-refractivity contribution in [3.8, 4) is 11.5 Å². The lowest BCUT2D eigenvalue weighted by Crippen LogP contribution is -2.75. The van der Waals surface area contributed by atoms with Crippen LogP contribution in [0.3, 0.4) is 0 Å². The van der Waals surface area contributed by atoms with E-state index in [0.29, 0.717) is 19.6 Å². The average Bonchev–Trinajstić information content (AvgIpc) is 2.67. The number of hydrogen-bond donors (Lipinski definition) is 2. The van der Waals surface area contributed by atoms with Gasteiger partial charge in [0.25, 0.3) is 0 Å². The molecule has 1 aliphatic carbocycles. The van der Waals surface area contributed by atoms with E-state index in [-0.39, 0.29) is 12.0 Å². The molecule has 0 heterocycles. The number of nitrogens with two attached hydrogens (primary N) is 1. The van der Waals surface area contributed by atoms with Crippen LogP contribution in [0.4, 0.5) is 0 Å². The first-order chi connectivity index (χ1) is 12.9. The first-order valence-electron chi connectivity index (χ1n) is 9.38. The summed E-state index contributed by atoms with van der Waals surface area (Å²) < 4.78 is 11.7. The van der Waals surface area contributed by atoms with Crippen LogP contribution in [0.1, 0.15) is 32.8 Å². The van der Waals surface area contributed by atoms with Gasteiger partial charge < -0.3 is 20.5 Å². The van der Waals surface area contributed by atoms with Gasteiger partial charge in [0.15, 0.2) is 0 Å². The monoisotopic (exact) mass is 368 g/mol. The van der Waals surface area contributed by atoms with Gasteiger partial charge in [-0.05, 0) is 25.1 Å². The molecule has 2 atom stereocenters. The van der Waals surface area contributed by atoms with E-state index in [2.05, 4.69) is 5.32 Å². The average molecular weight is 368 g/mol. The highest BCUT2D eigenvalue weighted by Gasteiger charge is 2.62.